The Morgan fingerprint density at radius 1 is 1.61 bits per heavy atom. The van der Waals surface area contributed by atoms with Crippen LogP contribution in [-0.2, 0) is 4.79 Å². The van der Waals surface area contributed by atoms with Crippen molar-refractivity contribution in [2.75, 3.05) is 13.6 Å². The minimum atomic E-state index is 0.00108. The van der Waals surface area contributed by atoms with Crippen molar-refractivity contribution >= 4 is 17.2 Å². The number of likely N-dealkylation sites (N-methyl/N-ethyl adjacent to an activating group) is 1. The molecule has 1 amide bonds. The van der Waals surface area contributed by atoms with Crippen molar-refractivity contribution in [3.8, 4) is 0 Å². The van der Waals surface area contributed by atoms with E-state index in [1.807, 2.05) is 18.0 Å². The van der Waals surface area contributed by atoms with Crippen LogP contribution in [0.3, 0.4) is 0 Å². The molecular formula is C14H22N2OS. The Labute approximate surface area is 113 Å². The van der Waals surface area contributed by atoms with Gasteiger partial charge in [-0.2, -0.15) is 0 Å². The van der Waals surface area contributed by atoms with E-state index >= 15 is 0 Å². The van der Waals surface area contributed by atoms with Crippen molar-refractivity contribution in [1.82, 2.24) is 10.2 Å². The second-order valence-electron chi connectivity index (χ2n) is 5.28. The SMILES string of the molecule is CC1CCNC(C(=O)N(C)C(C)c2cccs2)C1. The average Bonchev–Trinajstić information content (AvgIpc) is 2.90. The third-order valence-corrected chi connectivity index (χ3v) is 4.89. The van der Waals surface area contributed by atoms with Crippen LogP contribution in [0, 0.1) is 5.92 Å². The highest BCUT2D eigenvalue weighted by Crippen LogP contribution is 2.25. The normalized spacial score (nSPS) is 25.7. The molecule has 3 unspecified atom stereocenters. The molecule has 3 nitrogen and oxygen atoms in total. The van der Waals surface area contributed by atoms with E-state index in [-0.39, 0.29) is 18.0 Å². The number of carbonyl (C=O) groups is 1. The number of piperidine rings is 1. The van der Waals surface area contributed by atoms with Crippen molar-refractivity contribution in [2.45, 2.75) is 38.8 Å². The second-order valence-corrected chi connectivity index (χ2v) is 6.26. The van der Waals surface area contributed by atoms with Crippen LogP contribution in [-0.4, -0.2) is 30.4 Å². The first-order chi connectivity index (χ1) is 8.59. The van der Waals surface area contributed by atoms with E-state index in [0.717, 1.165) is 13.0 Å². The molecule has 1 aliphatic rings. The van der Waals surface area contributed by atoms with Crippen LogP contribution in [0.5, 0.6) is 0 Å². The summed E-state index contributed by atoms with van der Waals surface area (Å²) < 4.78 is 0. The second kappa shape index (κ2) is 5.85. The summed E-state index contributed by atoms with van der Waals surface area (Å²) in [7, 11) is 1.91. The molecular weight excluding hydrogens is 244 g/mol. The Kier molecular flexibility index (Phi) is 4.40. The van der Waals surface area contributed by atoms with Gasteiger partial charge in [0.25, 0.3) is 0 Å². The topological polar surface area (TPSA) is 32.3 Å². The maximum absolute atomic E-state index is 12.4. The summed E-state index contributed by atoms with van der Waals surface area (Å²) in [6, 6.07) is 4.30. The molecule has 0 aliphatic carbocycles. The van der Waals surface area contributed by atoms with Gasteiger partial charge in [0.15, 0.2) is 0 Å². The van der Waals surface area contributed by atoms with Crippen LogP contribution >= 0.6 is 11.3 Å². The van der Waals surface area contributed by atoms with E-state index in [4.69, 9.17) is 0 Å². The quantitative estimate of drug-likeness (QED) is 0.912. The molecule has 1 aromatic rings. The number of amides is 1. The first-order valence-corrected chi connectivity index (χ1v) is 7.51. The molecule has 18 heavy (non-hydrogen) atoms. The summed E-state index contributed by atoms with van der Waals surface area (Å²) in [6.07, 6.45) is 2.13. The van der Waals surface area contributed by atoms with E-state index in [1.165, 1.54) is 11.3 Å². The highest BCUT2D eigenvalue weighted by molar-refractivity contribution is 7.10. The van der Waals surface area contributed by atoms with Crippen LogP contribution in [0.25, 0.3) is 0 Å². The van der Waals surface area contributed by atoms with Crippen molar-refractivity contribution in [2.24, 2.45) is 5.92 Å². The maximum Gasteiger partial charge on any atom is 0.239 e. The van der Waals surface area contributed by atoms with E-state index < -0.39 is 0 Å². The lowest BCUT2D eigenvalue weighted by Crippen LogP contribution is -2.49. The molecule has 0 bridgehead atoms. The Balaban J connectivity index is 1.99. The van der Waals surface area contributed by atoms with Gasteiger partial charge in [-0.15, -0.1) is 11.3 Å². The highest BCUT2D eigenvalue weighted by Gasteiger charge is 2.29. The van der Waals surface area contributed by atoms with Gasteiger partial charge >= 0.3 is 0 Å². The van der Waals surface area contributed by atoms with Gasteiger partial charge in [0.2, 0.25) is 5.91 Å². The van der Waals surface area contributed by atoms with Gasteiger partial charge < -0.3 is 10.2 Å². The van der Waals surface area contributed by atoms with Crippen LogP contribution in [0.2, 0.25) is 0 Å². The van der Waals surface area contributed by atoms with Crippen LogP contribution in [0.1, 0.15) is 37.6 Å². The molecule has 0 aromatic carbocycles. The minimum Gasteiger partial charge on any atom is -0.337 e. The first-order valence-electron chi connectivity index (χ1n) is 6.63. The summed E-state index contributed by atoms with van der Waals surface area (Å²) in [5.74, 6) is 0.869. The monoisotopic (exact) mass is 266 g/mol. The summed E-state index contributed by atoms with van der Waals surface area (Å²) in [4.78, 5) is 15.6. The molecule has 1 N–H and O–H groups in total. The molecule has 1 fully saturated rings. The standard InChI is InChI=1S/C14H22N2OS/c1-10-6-7-15-12(9-10)14(17)16(3)11(2)13-5-4-8-18-13/h4-5,8,10-12,15H,6-7,9H2,1-3H3. The third kappa shape index (κ3) is 2.93. The van der Waals surface area contributed by atoms with Gasteiger partial charge in [-0.05, 0) is 43.7 Å². The number of thiophene rings is 1. The Bertz CT molecular complexity index is 391. The number of hydrogen-bond donors (Lipinski definition) is 1. The van der Waals surface area contributed by atoms with E-state index in [0.29, 0.717) is 5.92 Å². The van der Waals surface area contributed by atoms with E-state index in [9.17, 15) is 4.79 Å². The molecule has 2 rings (SSSR count). The number of carbonyl (C=O) groups excluding carboxylic acids is 1. The lowest BCUT2D eigenvalue weighted by atomic mass is 9.93. The zero-order valence-electron chi connectivity index (χ0n) is 11.3. The van der Waals surface area contributed by atoms with Crippen LogP contribution in [0.4, 0.5) is 0 Å². The molecule has 0 spiro atoms. The van der Waals surface area contributed by atoms with Crippen molar-refractivity contribution < 1.29 is 4.79 Å². The smallest absolute Gasteiger partial charge is 0.239 e. The lowest BCUT2D eigenvalue weighted by Gasteiger charge is -2.33. The molecule has 1 aliphatic heterocycles. The molecule has 0 saturated carbocycles. The molecule has 0 radical (unpaired) electrons. The fourth-order valence-electron chi connectivity index (χ4n) is 2.45. The maximum atomic E-state index is 12.4. The number of nitrogens with one attached hydrogen (secondary N) is 1. The van der Waals surface area contributed by atoms with Gasteiger partial charge in [-0.1, -0.05) is 13.0 Å². The lowest BCUT2D eigenvalue weighted by molar-refractivity contribution is -0.135. The van der Waals surface area contributed by atoms with Crippen molar-refractivity contribution in [3.63, 3.8) is 0 Å². The fraction of sp³-hybridized carbons (Fsp3) is 0.643. The zero-order valence-corrected chi connectivity index (χ0v) is 12.2. The van der Waals surface area contributed by atoms with Gasteiger partial charge in [-0.25, -0.2) is 0 Å². The Morgan fingerprint density at radius 3 is 3.00 bits per heavy atom. The molecule has 100 valence electrons. The highest BCUT2D eigenvalue weighted by atomic mass is 32.1. The third-order valence-electron chi connectivity index (χ3n) is 3.85. The molecule has 4 heteroatoms. The van der Waals surface area contributed by atoms with E-state index in [2.05, 4.69) is 30.6 Å². The minimum absolute atomic E-state index is 0.00108. The summed E-state index contributed by atoms with van der Waals surface area (Å²) in [5.41, 5.74) is 0. The van der Waals surface area contributed by atoms with Crippen LogP contribution in [0.15, 0.2) is 17.5 Å². The molecule has 3 atom stereocenters. The van der Waals surface area contributed by atoms with Gasteiger partial charge in [-0.3, -0.25) is 4.79 Å². The summed E-state index contributed by atoms with van der Waals surface area (Å²) in [6.45, 7) is 5.28. The number of hydrogen-bond acceptors (Lipinski definition) is 3. The first kappa shape index (κ1) is 13.6. The van der Waals surface area contributed by atoms with E-state index in [1.54, 1.807) is 11.3 Å². The van der Waals surface area contributed by atoms with Crippen molar-refractivity contribution in [1.29, 1.82) is 0 Å². The van der Waals surface area contributed by atoms with Gasteiger partial charge in [0.05, 0.1) is 12.1 Å². The van der Waals surface area contributed by atoms with Crippen LogP contribution < -0.4 is 5.32 Å². The predicted octanol–water partition coefficient (Wildman–Crippen LogP) is 2.66. The fourth-order valence-corrected chi connectivity index (χ4v) is 3.28. The van der Waals surface area contributed by atoms with Crippen molar-refractivity contribution in [3.05, 3.63) is 22.4 Å². The summed E-state index contributed by atoms with van der Waals surface area (Å²) in [5, 5.41) is 5.40. The molecule has 1 saturated heterocycles. The largest absolute Gasteiger partial charge is 0.337 e. The van der Waals surface area contributed by atoms with Gasteiger partial charge in [0, 0.05) is 11.9 Å². The Hall–Kier alpha value is -0.870. The zero-order chi connectivity index (χ0) is 13.1. The number of rotatable bonds is 3. The number of nitrogens with zero attached hydrogens (tertiary/aromatic N) is 1. The molecule has 2 heterocycles. The predicted molar refractivity (Wildman–Crippen MR) is 75.7 cm³/mol. The molecule has 1 aromatic heterocycles. The van der Waals surface area contributed by atoms with Gasteiger partial charge in [0.1, 0.15) is 0 Å². The Morgan fingerprint density at radius 2 is 2.39 bits per heavy atom. The average molecular weight is 266 g/mol. The summed E-state index contributed by atoms with van der Waals surface area (Å²) >= 11 is 1.71.